The molecule has 0 aliphatic rings. The van der Waals surface area contributed by atoms with E-state index < -0.39 is 18.0 Å². The van der Waals surface area contributed by atoms with Gasteiger partial charge < -0.3 is 21.9 Å². The Balaban J connectivity index is -0.000000222. The van der Waals surface area contributed by atoms with Gasteiger partial charge in [0, 0.05) is 23.4 Å². The summed E-state index contributed by atoms with van der Waals surface area (Å²) in [5, 5.41) is 20.5. The molecule has 0 aliphatic carbocycles. The van der Waals surface area contributed by atoms with Gasteiger partial charge in [-0.3, -0.25) is 19.7 Å². The number of aliphatic hydroxyl groups is 1. The van der Waals surface area contributed by atoms with Gasteiger partial charge in [-0.1, -0.05) is 78.8 Å². The van der Waals surface area contributed by atoms with Crippen LogP contribution in [0.5, 0.6) is 0 Å². The largest absolute Gasteiger partial charge is 0.394 e. The third-order valence-electron chi connectivity index (χ3n) is 3.93. The van der Waals surface area contributed by atoms with Gasteiger partial charge in [0.1, 0.15) is 6.04 Å². The molecule has 34 heavy (non-hydrogen) atoms. The van der Waals surface area contributed by atoms with Crippen LogP contribution in [0.15, 0.2) is 30.3 Å². The minimum Gasteiger partial charge on any atom is -0.394 e. The molecule has 0 fully saturated rings. The van der Waals surface area contributed by atoms with Crippen LogP contribution in [0.1, 0.15) is 74.8 Å². The molecule has 200 valence electrons. The zero-order valence-electron chi connectivity index (χ0n) is 22.9. The van der Waals surface area contributed by atoms with E-state index in [1.807, 2.05) is 78.8 Å². The molecule has 6 N–H and O–H groups in total. The minimum atomic E-state index is -0.726. The fourth-order valence-corrected chi connectivity index (χ4v) is 1.82. The number of primary amides is 1. The number of hydrogen-bond donors (Lipinski definition) is 4. The van der Waals surface area contributed by atoms with E-state index in [0.29, 0.717) is 12.3 Å². The molecule has 3 atom stereocenters. The van der Waals surface area contributed by atoms with Gasteiger partial charge in [0.15, 0.2) is 0 Å². The smallest absolute Gasteiger partial charge is 0.240 e. The number of benzene rings is 1. The van der Waals surface area contributed by atoms with E-state index >= 15 is 0 Å². The van der Waals surface area contributed by atoms with Crippen LogP contribution in [0.25, 0.3) is 0 Å². The molecule has 1 rings (SSSR count). The molecule has 0 bridgehead atoms. The van der Waals surface area contributed by atoms with E-state index in [9.17, 15) is 19.7 Å². The maximum Gasteiger partial charge on any atom is 0.240 e. The molecule has 0 aromatic heterocycles. The predicted octanol–water partition coefficient (Wildman–Crippen LogP) is 3.54. The molecule has 9 heteroatoms. The standard InChI is InChI=1S/C12H17N3O2.C6H13NO2.C3H8O.2C2H6/c1-8(13)12(17)15-10(11(14)16)7-9-5-3-2-4-6-9;1-5(2)6(3)4-7(8)9;1-3(2)4;2*1-2/h2-6,8,10H,7,13H2,1H3,(H2,14,16)(H,15,17);5-6H,4H2,1-3H3;3-4H,1-2H3;2*1-2H3/t;6-;;;/m.0.../s1. The van der Waals surface area contributed by atoms with Crippen molar-refractivity contribution >= 4 is 11.8 Å². The summed E-state index contributed by atoms with van der Waals surface area (Å²) < 4.78 is 0. The predicted molar refractivity (Wildman–Crippen MR) is 141 cm³/mol. The third kappa shape index (κ3) is 27.5. The molecule has 0 aliphatic heterocycles. The van der Waals surface area contributed by atoms with Crippen molar-refractivity contribution in [2.45, 2.75) is 93.8 Å². The van der Waals surface area contributed by atoms with E-state index in [1.165, 1.54) is 0 Å². The van der Waals surface area contributed by atoms with Crippen LogP contribution in [0.3, 0.4) is 0 Å². The topological polar surface area (TPSA) is 162 Å². The van der Waals surface area contributed by atoms with Gasteiger partial charge in [-0.25, -0.2) is 0 Å². The quantitative estimate of drug-likeness (QED) is 0.324. The Morgan fingerprint density at radius 2 is 1.41 bits per heavy atom. The molecule has 0 spiro atoms. The van der Waals surface area contributed by atoms with Gasteiger partial charge in [0.2, 0.25) is 18.4 Å². The lowest BCUT2D eigenvalue weighted by atomic mass is 9.99. The molecular formula is C25H50N4O5. The second-order valence-electron chi connectivity index (χ2n) is 7.77. The third-order valence-corrected chi connectivity index (χ3v) is 3.93. The number of nitrogens with one attached hydrogen (secondary N) is 1. The number of nitro groups is 1. The summed E-state index contributed by atoms with van der Waals surface area (Å²) in [4.78, 5) is 32.3. The molecule has 9 nitrogen and oxygen atoms in total. The van der Waals surface area contributed by atoms with Crippen LogP contribution in [-0.4, -0.2) is 46.6 Å². The summed E-state index contributed by atoms with van der Waals surface area (Å²) in [7, 11) is 0. The summed E-state index contributed by atoms with van der Waals surface area (Å²) >= 11 is 0. The highest BCUT2D eigenvalue weighted by atomic mass is 16.6. The van der Waals surface area contributed by atoms with Gasteiger partial charge >= 0.3 is 0 Å². The van der Waals surface area contributed by atoms with Gasteiger partial charge in [-0.05, 0) is 32.3 Å². The molecule has 0 heterocycles. The fraction of sp³-hybridized carbons (Fsp3) is 0.680. The van der Waals surface area contributed by atoms with Crippen LogP contribution < -0.4 is 16.8 Å². The van der Waals surface area contributed by atoms with Crippen LogP contribution in [0.2, 0.25) is 0 Å². The van der Waals surface area contributed by atoms with Crippen molar-refractivity contribution in [1.82, 2.24) is 5.32 Å². The normalized spacial score (nSPS) is 11.9. The highest BCUT2D eigenvalue weighted by Crippen LogP contribution is 2.08. The first-order valence-electron chi connectivity index (χ1n) is 12.0. The molecule has 1 aromatic carbocycles. The summed E-state index contributed by atoms with van der Waals surface area (Å²) in [6, 6.07) is 7.95. The lowest BCUT2D eigenvalue weighted by molar-refractivity contribution is -0.488. The average Bonchev–Trinajstić information content (AvgIpc) is 2.76. The second kappa shape index (κ2) is 25.1. The Morgan fingerprint density at radius 3 is 1.68 bits per heavy atom. The van der Waals surface area contributed by atoms with Crippen molar-refractivity contribution in [1.29, 1.82) is 0 Å². The van der Waals surface area contributed by atoms with Crippen molar-refractivity contribution < 1.29 is 19.6 Å². The first kappa shape index (κ1) is 38.7. The molecule has 0 radical (unpaired) electrons. The van der Waals surface area contributed by atoms with Gasteiger partial charge in [-0.15, -0.1) is 0 Å². The lowest BCUT2D eigenvalue weighted by Gasteiger charge is -2.16. The number of nitrogens with zero attached hydrogens (tertiary/aromatic N) is 1. The Morgan fingerprint density at radius 1 is 1.00 bits per heavy atom. The first-order valence-corrected chi connectivity index (χ1v) is 12.0. The minimum absolute atomic E-state index is 0.0949. The monoisotopic (exact) mass is 486 g/mol. The van der Waals surface area contributed by atoms with Crippen LogP contribution in [0.4, 0.5) is 0 Å². The van der Waals surface area contributed by atoms with Gasteiger partial charge in [0.05, 0.1) is 6.04 Å². The zero-order valence-corrected chi connectivity index (χ0v) is 22.9. The lowest BCUT2D eigenvalue weighted by Crippen LogP contribution is -2.50. The molecule has 2 unspecified atom stereocenters. The summed E-state index contributed by atoms with van der Waals surface area (Å²) in [6.45, 7) is 19.0. The first-order chi connectivity index (χ1) is 15.8. The Labute approximate surface area is 206 Å². The number of amides is 2. The molecule has 0 saturated carbocycles. The van der Waals surface area contributed by atoms with Crippen molar-refractivity contribution in [3.05, 3.63) is 46.0 Å². The van der Waals surface area contributed by atoms with Crippen LogP contribution >= 0.6 is 0 Å². The Bertz CT molecular complexity index is 620. The van der Waals surface area contributed by atoms with Gasteiger partial charge in [-0.2, -0.15) is 0 Å². The van der Waals surface area contributed by atoms with Crippen molar-refractivity contribution in [3.8, 4) is 0 Å². The molecule has 1 aromatic rings. The number of carbonyl (C=O) groups excluding carboxylic acids is 2. The summed E-state index contributed by atoms with van der Waals surface area (Å²) in [5.41, 5.74) is 11.6. The number of nitrogens with two attached hydrogens (primary N) is 2. The molecule has 0 saturated heterocycles. The van der Waals surface area contributed by atoms with E-state index in [1.54, 1.807) is 20.8 Å². The molecular weight excluding hydrogens is 436 g/mol. The highest BCUT2D eigenvalue weighted by Gasteiger charge is 2.20. The fourth-order valence-electron chi connectivity index (χ4n) is 1.82. The van der Waals surface area contributed by atoms with Crippen molar-refractivity contribution in [3.63, 3.8) is 0 Å². The van der Waals surface area contributed by atoms with Gasteiger partial charge in [0.25, 0.3) is 0 Å². The van der Waals surface area contributed by atoms with Crippen molar-refractivity contribution in [2.24, 2.45) is 23.3 Å². The number of hydrogen-bond acceptors (Lipinski definition) is 6. The zero-order chi connectivity index (χ0) is 27.9. The summed E-state index contributed by atoms with van der Waals surface area (Å²) in [5.74, 6) is -0.344. The Kier molecular flexibility index (Phi) is 28.6. The van der Waals surface area contributed by atoms with E-state index in [-0.39, 0.29) is 29.4 Å². The SMILES string of the molecule is CC.CC.CC(C)O.CC(C)[C@@H](C)C[N+](=O)[O-].CC(N)C(=O)NC(Cc1ccccc1)C(N)=O. The van der Waals surface area contributed by atoms with Crippen LogP contribution in [-0.2, 0) is 16.0 Å². The Hall–Kier alpha value is -2.52. The van der Waals surface area contributed by atoms with E-state index in [4.69, 9.17) is 16.6 Å². The number of carbonyl (C=O) groups is 2. The maximum absolute atomic E-state index is 11.4. The van der Waals surface area contributed by atoms with Crippen molar-refractivity contribution in [2.75, 3.05) is 6.54 Å². The summed E-state index contributed by atoms with van der Waals surface area (Å²) in [6.07, 6.45) is 0.203. The van der Waals surface area contributed by atoms with E-state index in [0.717, 1.165) is 5.56 Å². The number of aliphatic hydroxyl groups excluding tert-OH is 1. The highest BCUT2D eigenvalue weighted by molar-refractivity contribution is 5.88. The molecule has 2 amide bonds. The maximum atomic E-state index is 11.4. The van der Waals surface area contributed by atoms with E-state index in [2.05, 4.69) is 5.32 Å². The second-order valence-corrected chi connectivity index (χ2v) is 7.77. The average molecular weight is 487 g/mol. The van der Waals surface area contributed by atoms with Crippen LogP contribution in [0, 0.1) is 22.0 Å². The number of rotatable bonds is 8.